The third-order valence-electron chi connectivity index (χ3n) is 3.93. The van der Waals surface area contributed by atoms with E-state index >= 15 is 0 Å². The van der Waals surface area contributed by atoms with E-state index in [9.17, 15) is 13.2 Å². The van der Waals surface area contributed by atoms with Crippen molar-refractivity contribution in [3.05, 3.63) is 35.9 Å². The summed E-state index contributed by atoms with van der Waals surface area (Å²) in [4.78, 5) is 1.54. The maximum absolute atomic E-state index is 12.5. The fourth-order valence-electron chi connectivity index (χ4n) is 3.02. The highest BCUT2D eigenvalue weighted by atomic mass is 19.4. The summed E-state index contributed by atoms with van der Waals surface area (Å²) in [6, 6.07) is 9.91. The van der Waals surface area contributed by atoms with Crippen LogP contribution in [0.15, 0.2) is 30.3 Å². The minimum absolute atomic E-state index is 0.212. The standard InChI is InChI=1S/C15H20F3N/c1-11(2)13-8-19(10-15(16,17)18)9-14(13)12-6-4-3-5-7-12/h3-7,11,13-14H,8-10H2,1-2H3. The molecule has 1 aromatic rings. The van der Waals surface area contributed by atoms with Crippen LogP contribution in [0.4, 0.5) is 13.2 Å². The normalized spacial score (nSPS) is 25.2. The molecule has 2 rings (SSSR count). The molecule has 19 heavy (non-hydrogen) atoms. The Morgan fingerprint density at radius 3 is 2.32 bits per heavy atom. The summed E-state index contributed by atoms with van der Waals surface area (Å²) in [5.74, 6) is 0.900. The Morgan fingerprint density at radius 1 is 1.16 bits per heavy atom. The first-order valence-corrected chi connectivity index (χ1v) is 6.71. The Labute approximate surface area is 112 Å². The molecule has 1 fully saturated rings. The molecule has 0 spiro atoms. The van der Waals surface area contributed by atoms with Crippen molar-refractivity contribution in [2.45, 2.75) is 25.9 Å². The van der Waals surface area contributed by atoms with Crippen molar-refractivity contribution >= 4 is 0 Å². The monoisotopic (exact) mass is 271 g/mol. The summed E-state index contributed by atoms with van der Waals surface area (Å²) in [6.07, 6.45) is -4.10. The average molecular weight is 271 g/mol. The molecule has 2 atom stereocenters. The van der Waals surface area contributed by atoms with E-state index in [1.807, 2.05) is 30.3 Å². The molecule has 1 saturated heterocycles. The molecule has 4 heteroatoms. The molecule has 0 aromatic heterocycles. The summed E-state index contributed by atoms with van der Waals surface area (Å²) in [6.45, 7) is 4.44. The summed E-state index contributed by atoms with van der Waals surface area (Å²) < 4.78 is 37.6. The molecule has 1 heterocycles. The van der Waals surface area contributed by atoms with Crippen LogP contribution in [0, 0.1) is 11.8 Å². The number of hydrogen-bond acceptors (Lipinski definition) is 1. The summed E-state index contributed by atoms with van der Waals surface area (Å²) in [7, 11) is 0. The van der Waals surface area contributed by atoms with Gasteiger partial charge in [0.05, 0.1) is 6.54 Å². The van der Waals surface area contributed by atoms with Crippen LogP contribution in [-0.2, 0) is 0 Å². The van der Waals surface area contributed by atoms with Crippen LogP contribution in [0.25, 0.3) is 0 Å². The Hall–Kier alpha value is -1.03. The second-order valence-electron chi connectivity index (χ2n) is 5.73. The lowest BCUT2D eigenvalue weighted by Crippen LogP contribution is -2.32. The molecule has 1 nitrogen and oxygen atoms in total. The van der Waals surface area contributed by atoms with Crippen molar-refractivity contribution < 1.29 is 13.2 Å². The van der Waals surface area contributed by atoms with E-state index < -0.39 is 12.7 Å². The van der Waals surface area contributed by atoms with Crippen molar-refractivity contribution in [2.75, 3.05) is 19.6 Å². The first-order chi connectivity index (χ1) is 8.87. The van der Waals surface area contributed by atoms with Gasteiger partial charge in [0.25, 0.3) is 0 Å². The number of nitrogens with zero attached hydrogens (tertiary/aromatic N) is 1. The van der Waals surface area contributed by atoms with Gasteiger partial charge in [0.2, 0.25) is 0 Å². The molecule has 1 aromatic carbocycles. The molecule has 0 bridgehead atoms. The molecule has 106 valence electrons. The van der Waals surface area contributed by atoms with E-state index in [2.05, 4.69) is 13.8 Å². The number of likely N-dealkylation sites (tertiary alicyclic amines) is 1. The van der Waals surface area contributed by atoms with E-state index in [-0.39, 0.29) is 5.92 Å². The van der Waals surface area contributed by atoms with Gasteiger partial charge in [0.15, 0.2) is 0 Å². The topological polar surface area (TPSA) is 3.24 Å². The highest BCUT2D eigenvalue weighted by Gasteiger charge is 2.40. The molecule has 0 N–H and O–H groups in total. The van der Waals surface area contributed by atoms with Crippen LogP contribution >= 0.6 is 0 Å². The molecular weight excluding hydrogens is 251 g/mol. The van der Waals surface area contributed by atoms with E-state index in [0.29, 0.717) is 24.9 Å². The van der Waals surface area contributed by atoms with Crippen LogP contribution in [0.3, 0.4) is 0 Å². The lowest BCUT2D eigenvalue weighted by atomic mass is 9.82. The molecule has 0 saturated carbocycles. The van der Waals surface area contributed by atoms with E-state index in [1.54, 1.807) is 4.90 Å². The Kier molecular flexibility index (Phi) is 4.19. The number of alkyl halides is 3. The minimum Gasteiger partial charge on any atom is -0.294 e. The fourth-order valence-corrected chi connectivity index (χ4v) is 3.02. The van der Waals surface area contributed by atoms with Gasteiger partial charge >= 0.3 is 6.18 Å². The van der Waals surface area contributed by atoms with Gasteiger partial charge in [-0.15, -0.1) is 0 Å². The van der Waals surface area contributed by atoms with Crippen molar-refractivity contribution in [1.29, 1.82) is 0 Å². The number of rotatable bonds is 3. The van der Waals surface area contributed by atoms with Gasteiger partial charge in [0, 0.05) is 19.0 Å². The highest BCUT2D eigenvalue weighted by molar-refractivity contribution is 5.22. The quantitative estimate of drug-likeness (QED) is 0.805. The van der Waals surface area contributed by atoms with E-state index in [0.717, 1.165) is 5.56 Å². The summed E-state index contributed by atoms with van der Waals surface area (Å²) in [5.41, 5.74) is 1.16. The van der Waals surface area contributed by atoms with Crippen LogP contribution in [0.1, 0.15) is 25.3 Å². The fraction of sp³-hybridized carbons (Fsp3) is 0.600. The Morgan fingerprint density at radius 2 is 1.79 bits per heavy atom. The van der Waals surface area contributed by atoms with Crippen LogP contribution in [0.5, 0.6) is 0 Å². The van der Waals surface area contributed by atoms with Gasteiger partial charge in [-0.3, -0.25) is 4.90 Å². The van der Waals surface area contributed by atoms with Gasteiger partial charge in [-0.25, -0.2) is 0 Å². The molecule has 0 radical (unpaired) electrons. The van der Waals surface area contributed by atoms with E-state index in [4.69, 9.17) is 0 Å². The SMILES string of the molecule is CC(C)C1CN(CC(F)(F)F)CC1c1ccccc1. The zero-order chi connectivity index (χ0) is 14.0. The molecule has 1 aliphatic rings. The van der Waals surface area contributed by atoms with Gasteiger partial charge in [-0.1, -0.05) is 44.2 Å². The molecule has 0 aliphatic carbocycles. The van der Waals surface area contributed by atoms with Gasteiger partial charge in [0.1, 0.15) is 0 Å². The number of hydrogen-bond donors (Lipinski definition) is 0. The first-order valence-electron chi connectivity index (χ1n) is 6.71. The van der Waals surface area contributed by atoms with Crippen LogP contribution in [-0.4, -0.2) is 30.7 Å². The first kappa shape index (κ1) is 14.4. The maximum Gasteiger partial charge on any atom is 0.401 e. The smallest absolute Gasteiger partial charge is 0.294 e. The predicted octanol–water partition coefficient (Wildman–Crippen LogP) is 3.92. The highest BCUT2D eigenvalue weighted by Crippen LogP contribution is 2.38. The summed E-state index contributed by atoms with van der Waals surface area (Å²) in [5, 5.41) is 0. The van der Waals surface area contributed by atoms with Gasteiger partial charge < -0.3 is 0 Å². The number of halogens is 3. The summed E-state index contributed by atoms with van der Waals surface area (Å²) >= 11 is 0. The Bertz CT molecular complexity index is 400. The van der Waals surface area contributed by atoms with Gasteiger partial charge in [-0.05, 0) is 17.4 Å². The molecule has 1 aliphatic heterocycles. The minimum atomic E-state index is -4.10. The third-order valence-corrected chi connectivity index (χ3v) is 3.93. The van der Waals surface area contributed by atoms with Crippen molar-refractivity contribution in [3.63, 3.8) is 0 Å². The van der Waals surface area contributed by atoms with Crippen molar-refractivity contribution in [2.24, 2.45) is 11.8 Å². The van der Waals surface area contributed by atoms with E-state index in [1.165, 1.54) is 0 Å². The molecule has 2 unspecified atom stereocenters. The molecular formula is C15H20F3N. The zero-order valence-electron chi connectivity index (χ0n) is 11.3. The largest absolute Gasteiger partial charge is 0.401 e. The third kappa shape index (κ3) is 3.72. The van der Waals surface area contributed by atoms with Crippen molar-refractivity contribution in [3.8, 4) is 0 Å². The molecule has 0 amide bonds. The second kappa shape index (κ2) is 5.53. The van der Waals surface area contributed by atoms with Crippen LogP contribution in [0.2, 0.25) is 0 Å². The predicted molar refractivity (Wildman–Crippen MR) is 70.0 cm³/mol. The number of benzene rings is 1. The van der Waals surface area contributed by atoms with Crippen LogP contribution < -0.4 is 0 Å². The lowest BCUT2D eigenvalue weighted by Gasteiger charge is -2.22. The second-order valence-corrected chi connectivity index (χ2v) is 5.73. The Balaban J connectivity index is 2.13. The maximum atomic E-state index is 12.5. The van der Waals surface area contributed by atoms with Gasteiger partial charge in [-0.2, -0.15) is 13.2 Å². The van der Waals surface area contributed by atoms with Crippen molar-refractivity contribution in [1.82, 2.24) is 4.90 Å². The zero-order valence-corrected chi connectivity index (χ0v) is 11.3. The lowest BCUT2D eigenvalue weighted by molar-refractivity contribution is -0.144. The average Bonchev–Trinajstić information content (AvgIpc) is 2.72.